The van der Waals surface area contributed by atoms with Crippen LogP contribution in [0.15, 0.2) is 12.3 Å². The molecule has 0 aliphatic heterocycles. The molecular weight excluding hydrogens is 228 g/mol. The van der Waals surface area contributed by atoms with Gasteiger partial charge >= 0.3 is 0 Å². The second-order valence-corrected chi connectivity index (χ2v) is 4.31. The Bertz CT molecular complexity index is 352. The maximum atomic E-state index is 5.35. The molecular formula is C14H24N2O2. The van der Waals surface area contributed by atoms with E-state index in [1.807, 2.05) is 6.07 Å². The second kappa shape index (κ2) is 7.93. The summed E-state index contributed by atoms with van der Waals surface area (Å²) in [5, 5.41) is 3.43. The highest BCUT2D eigenvalue weighted by Crippen LogP contribution is 2.28. The van der Waals surface area contributed by atoms with Crippen LogP contribution in [0.25, 0.3) is 0 Å². The van der Waals surface area contributed by atoms with E-state index in [2.05, 4.69) is 24.1 Å². The number of ether oxygens (including phenoxy) is 2. The SMILES string of the molecule is CCC(CC)CNCc1nccc(OC)c1OC. The Morgan fingerprint density at radius 2 is 1.94 bits per heavy atom. The van der Waals surface area contributed by atoms with Gasteiger partial charge in [0.2, 0.25) is 0 Å². The Hall–Kier alpha value is -1.29. The molecule has 0 bridgehead atoms. The standard InChI is InChI=1S/C14H24N2O2/c1-5-11(6-2)9-15-10-12-14(18-4)13(17-3)7-8-16-12/h7-8,11,15H,5-6,9-10H2,1-4H3. The molecule has 4 nitrogen and oxygen atoms in total. The lowest BCUT2D eigenvalue weighted by atomic mass is 10.0. The number of methoxy groups -OCH3 is 2. The lowest BCUT2D eigenvalue weighted by Crippen LogP contribution is -2.22. The number of rotatable bonds is 8. The Morgan fingerprint density at radius 1 is 1.22 bits per heavy atom. The maximum absolute atomic E-state index is 5.35. The van der Waals surface area contributed by atoms with Gasteiger partial charge in [0, 0.05) is 18.8 Å². The Kier molecular flexibility index (Phi) is 6.50. The first-order chi connectivity index (χ1) is 8.76. The molecule has 0 fully saturated rings. The summed E-state index contributed by atoms with van der Waals surface area (Å²) in [6.07, 6.45) is 4.15. The molecule has 0 aromatic carbocycles. The molecule has 18 heavy (non-hydrogen) atoms. The monoisotopic (exact) mass is 252 g/mol. The van der Waals surface area contributed by atoms with E-state index in [1.165, 1.54) is 12.8 Å². The lowest BCUT2D eigenvalue weighted by molar-refractivity contribution is 0.347. The number of pyridine rings is 1. The van der Waals surface area contributed by atoms with Gasteiger partial charge in [0.15, 0.2) is 11.5 Å². The van der Waals surface area contributed by atoms with Crippen molar-refractivity contribution < 1.29 is 9.47 Å². The van der Waals surface area contributed by atoms with Crippen LogP contribution >= 0.6 is 0 Å². The van der Waals surface area contributed by atoms with Crippen molar-refractivity contribution >= 4 is 0 Å². The molecule has 1 heterocycles. The van der Waals surface area contributed by atoms with Gasteiger partial charge in [-0.1, -0.05) is 26.7 Å². The van der Waals surface area contributed by atoms with E-state index >= 15 is 0 Å². The summed E-state index contributed by atoms with van der Waals surface area (Å²) in [6.45, 7) is 6.16. The minimum Gasteiger partial charge on any atom is -0.493 e. The van der Waals surface area contributed by atoms with Crippen LogP contribution in [0.3, 0.4) is 0 Å². The topological polar surface area (TPSA) is 43.4 Å². The molecule has 0 aliphatic rings. The summed E-state index contributed by atoms with van der Waals surface area (Å²) in [4.78, 5) is 4.34. The van der Waals surface area contributed by atoms with E-state index in [0.717, 1.165) is 29.7 Å². The average Bonchev–Trinajstić information content (AvgIpc) is 2.43. The van der Waals surface area contributed by atoms with Gasteiger partial charge in [0.25, 0.3) is 0 Å². The van der Waals surface area contributed by atoms with Crippen LogP contribution in [0.4, 0.5) is 0 Å². The smallest absolute Gasteiger partial charge is 0.183 e. The van der Waals surface area contributed by atoms with Gasteiger partial charge in [-0.05, 0) is 12.5 Å². The van der Waals surface area contributed by atoms with Crippen molar-refractivity contribution in [3.63, 3.8) is 0 Å². The van der Waals surface area contributed by atoms with E-state index in [1.54, 1.807) is 20.4 Å². The maximum Gasteiger partial charge on any atom is 0.183 e. The van der Waals surface area contributed by atoms with E-state index in [-0.39, 0.29) is 0 Å². The zero-order valence-corrected chi connectivity index (χ0v) is 11.8. The van der Waals surface area contributed by atoms with Crippen molar-refractivity contribution in [2.24, 2.45) is 5.92 Å². The predicted octanol–water partition coefficient (Wildman–Crippen LogP) is 2.62. The summed E-state index contributed by atoms with van der Waals surface area (Å²) >= 11 is 0. The fourth-order valence-electron chi connectivity index (χ4n) is 1.95. The Balaban J connectivity index is 2.61. The minimum atomic E-state index is 0.705. The summed E-state index contributed by atoms with van der Waals surface area (Å²) in [6, 6.07) is 1.81. The molecule has 102 valence electrons. The summed E-state index contributed by atoms with van der Waals surface area (Å²) in [7, 11) is 3.28. The van der Waals surface area contributed by atoms with Crippen molar-refractivity contribution in [1.29, 1.82) is 0 Å². The van der Waals surface area contributed by atoms with Crippen LogP contribution in [0.2, 0.25) is 0 Å². The number of nitrogens with zero attached hydrogens (tertiary/aromatic N) is 1. The fourth-order valence-corrected chi connectivity index (χ4v) is 1.95. The Morgan fingerprint density at radius 3 is 2.50 bits per heavy atom. The minimum absolute atomic E-state index is 0.705. The zero-order chi connectivity index (χ0) is 13.4. The van der Waals surface area contributed by atoms with E-state index < -0.39 is 0 Å². The summed E-state index contributed by atoms with van der Waals surface area (Å²) in [5.74, 6) is 2.17. The molecule has 0 aliphatic carbocycles. The van der Waals surface area contributed by atoms with Gasteiger partial charge in [-0.2, -0.15) is 0 Å². The van der Waals surface area contributed by atoms with Gasteiger partial charge in [-0.25, -0.2) is 0 Å². The van der Waals surface area contributed by atoms with Gasteiger partial charge in [-0.15, -0.1) is 0 Å². The van der Waals surface area contributed by atoms with E-state index in [0.29, 0.717) is 6.54 Å². The zero-order valence-electron chi connectivity index (χ0n) is 11.8. The van der Waals surface area contributed by atoms with Gasteiger partial charge < -0.3 is 14.8 Å². The number of hydrogen-bond donors (Lipinski definition) is 1. The van der Waals surface area contributed by atoms with Crippen LogP contribution in [-0.4, -0.2) is 25.7 Å². The number of hydrogen-bond acceptors (Lipinski definition) is 4. The third kappa shape index (κ3) is 3.88. The molecule has 1 rings (SSSR count). The molecule has 1 N–H and O–H groups in total. The van der Waals surface area contributed by atoms with Crippen molar-refractivity contribution in [2.45, 2.75) is 33.2 Å². The molecule has 0 saturated heterocycles. The third-order valence-corrected chi connectivity index (χ3v) is 3.25. The molecule has 0 spiro atoms. The first-order valence-electron chi connectivity index (χ1n) is 6.53. The van der Waals surface area contributed by atoms with Crippen LogP contribution in [-0.2, 0) is 6.54 Å². The van der Waals surface area contributed by atoms with E-state index in [4.69, 9.17) is 9.47 Å². The van der Waals surface area contributed by atoms with Crippen LogP contribution < -0.4 is 14.8 Å². The van der Waals surface area contributed by atoms with E-state index in [9.17, 15) is 0 Å². The Labute approximate surface area is 110 Å². The van der Waals surface area contributed by atoms with Crippen LogP contribution in [0.5, 0.6) is 11.5 Å². The van der Waals surface area contributed by atoms with Crippen molar-refractivity contribution in [2.75, 3.05) is 20.8 Å². The fraction of sp³-hybridized carbons (Fsp3) is 0.643. The number of aromatic nitrogens is 1. The highest BCUT2D eigenvalue weighted by molar-refractivity contribution is 5.42. The predicted molar refractivity (Wildman–Crippen MR) is 73.1 cm³/mol. The van der Waals surface area contributed by atoms with Gasteiger partial charge in [-0.3, -0.25) is 4.98 Å². The van der Waals surface area contributed by atoms with Crippen molar-refractivity contribution in [1.82, 2.24) is 10.3 Å². The number of nitrogens with one attached hydrogen (secondary N) is 1. The quantitative estimate of drug-likeness (QED) is 0.772. The molecule has 1 aromatic rings. The third-order valence-electron chi connectivity index (χ3n) is 3.25. The molecule has 0 atom stereocenters. The van der Waals surface area contributed by atoms with Crippen molar-refractivity contribution in [3.05, 3.63) is 18.0 Å². The normalized spacial score (nSPS) is 10.7. The molecule has 0 saturated carbocycles. The van der Waals surface area contributed by atoms with Gasteiger partial charge in [0.05, 0.1) is 19.9 Å². The summed E-state index contributed by atoms with van der Waals surface area (Å²) in [5.41, 5.74) is 0.891. The first kappa shape index (κ1) is 14.8. The highest BCUT2D eigenvalue weighted by Gasteiger charge is 2.11. The second-order valence-electron chi connectivity index (χ2n) is 4.31. The highest BCUT2D eigenvalue weighted by atomic mass is 16.5. The average molecular weight is 252 g/mol. The van der Waals surface area contributed by atoms with Gasteiger partial charge in [0.1, 0.15) is 0 Å². The van der Waals surface area contributed by atoms with Crippen molar-refractivity contribution in [3.8, 4) is 11.5 Å². The first-order valence-corrected chi connectivity index (χ1v) is 6.53. The lowest BCUT2D eigenvalue weighted by Gasteiger charge is -2.15. The molecule has 0 amide bonds. The molecule has 0 radical (unpaired) electrons. The largest absolute Gasteiger partial charge is 0.493 e. The van der Waals surface area contributed by atoms with Crippen LogP contribution in [0, 0.1) is 5.92 Å². The summed E-state index contributed by atoms with van der Waals surface area (Å²) < 4.78 is 10.6. The molecule has 4 heteroatoms. The molecule has 1 aromatic heterocycles. The van der Waals surface area contributed by atoms with Crippen LogP contribution in [0.1, 0.15) is 32.4 Å². The molecule has 0 unspecified atom stereocenters.